The number of pyridine rings is 1. The van der Waals surface area contributed by atoms with Crippen molar-refractivity contribution in [3.05, 3.63) is 89.9 Å². The second-order valence-electron chi connectivity index (χ2n) is 8.53. The van der Waals surface area contributed by atoms with Crippen molar-refractivity contribution in [1.29, 1.82) is 0 Å². The molecule has 0 saturated carbocycles. The summed E-state index contributed by atoms with van der Waals surface area (Å²) in [5.74, 6) is 0.113. The summed E-state index contributed by atoms with van der Waals surface area (Å²) in [5.41, 5.74) is 2.52. The molecule has 1 aromatic heterocycles. The third-order valence-electron chi connectivity index (χ3n) is 6.02. The smallest absolute Gasteiger partial charge is 0.242 e. The van der Waals surface area contributed by atoms with Crippen LogP contribution in [0.25, 0.3) is 10.9 Å². The zero-order valence-corrected chi connectivity index (χ0v) is 21.8. The first-order chi connectivity index (χ1) is 17.8. The Labute approximate surface area is 216 Å². The molecule has 4 rings (SSSR count). The molecule has 194 valence electrons. The first-order valence-corrected chi connectivity index (χ1v) is 13.2. The summed E-state index contributed by atoms with van der Waals surface area (Å²) in [6.45, 7) is 0.626. The van der Waals surface area contributed by atoms with Crippen molar-refractivity contribution < 1.29 is 27.0 Å². The van der Waals surface area contributed by atoms with Gasteiger partial charge in [0.1, 0.15) is 11.5 Å². The molecule has 37 heavy (non-hydrogen) atoms. The van der Waals surface area contributed by atoms with Crippen LogP contribution in [0.2, 0.25) is 0 Å². The van der Waals surface area contributed by atoms with Gasteiger partial charge in [0.15, 0.2) is 11.6 Å². The van der Waals surface area contributed by atoms with Gasteiger partial charge in [0.2, 0.25) is 10.0 Å². The van der Waals surface area contributed by atoms with Gasteiger partial charge in [-0.05, 0) is 48.7 Å². The molecule has 0 amide bonds. The van der Waals surface area contributed by atoms with E-state index in [2.05, 4.69) is 4.98 Å². The minimum absolute atomic E-state index is 0.0951. The summed E-state index contributed by atoms with van der Waals surface area (Å²) in [5, 5.41) is 0.643. The fourth-order valence-corrected chi connectivity index (χ4v) is 5.26. The van der Waals surface area contributed by atoms with Gasteiger partial charge in [0.25, 0.3) is 0 Å². The summed E-state index contributed by atoms with van der Waals surface area (Å²) in [7, 11) is 0.779. The van der Waals surface area contributed by atoms with Crippen molar-refractivity contribution in [3.63, 3.8) is 0 Å². The molecule has 0 bridgehead atoms. The van der Waals surface area contributed by atoms with E-state index >= 15 is 4.39 Å². The van der Waals surface area contributed by atoms with Crippen molar-refractivity contribution in [2.24, 2.45) is 0 Å². The molecule has 0 fully saturated rings. The minimum Gasteiger partial charge on any atom is -0.496 e. The van der Waals surface area contributed by atoms with Gasteiger partial charge in [0, 0.05) is 43.9 Å². The number of methoxy groups -OCH3 is 2. The van der Waals surface area contributed by atoms with Crippen molar-refractivity contribution in [1.82, 2.24) is 9.29 Å². The van der Waals surface area contributed by atoms with Gasteiger partial charge in [-0.1, -0.05) is 30.3 Å². The van der Waals surface area contributed by atoms with Crippen LogP contribution in [0, 0.1) is 5.82 Å². The monoisotopic (exact) mass is 524 g/mol. The van der Waals surface area contributed by atoms with E-state index < -0.39 is 15.8 Å². The van der Waals surface area contributed by atoms with E-state index in [0.29, 0.717) is 42.0 Å². The maximum absolute atomic E-state index is 15.1. The van der Waals surface area contributed by atoms with Crippen LogP contribution in [0.1, 0.15) is 17.5 Å². The molecule has 0 aliphatic heterocycles. The Bertz CT molecular complexity index is 1480. The number of hydrogen-bond acceptors (Lipinski definition) is 6. The Balaban J connectivity index is 1.52. The van der Waals surface area contributed by atoms with Gasteiger partial charge in [-0.3, -0.25) is 4.98 Å². The van der Waals surface area contributed by atoms with Gasteiger partial charge in [-0.15, -0.1) is 0 Å². The highest BCUT2D eigenvalue weighted by atomic mass is 32.2. The molecule has 0 N–H and O–H groups in total. The van der Waals surface area contributed by atoms with Crippen molar-refractivity contribution in [2.75, 3.05) is 27.8 Å². The standard InChI is InChI=1S/C28H29FN2O5S/c1-31(15-7-10-20-8-5-4-6-9-20)37(32,33)22-11-12-27(24(29)17-22)36-26-13-14-30-25-18-28(35-3)21(19-34-2)16-23(25)26/h4-6,8-9,11-14,16-18H,7,10,15,19H2,1-3H3. The average molecular weight is 525 g/mol. The van der Waals surface area contributed by atoms with Crippen LogP contribution in [-0.2, 0) is 27.8 Å². The average Bonchev–Trinajstić information content (AvgIpc) is 2.90. The number of benzene rings is 3. The quantitative estimate of drug-likeness (QED) is 0.255. The second-order valence-corrected chi connectivity index (χ2v) is 10.6. The Morgan fingerprint density at radius 3 is 2.43 bits per heavy atom. The Kier molecular flexibility index (Phi) is 8.38. The van der Waals surface area contributed by atoms with Gasteiger partial charge in [-0.25, -0.2) is 17.1 Å². The van der Waals surface area contributed by atoms with E-state index in [0.717, 1.165) is 23.6 Å². The van der Waals surface area contributed by atoms with Crippen LogP contribution in [-0.4, -0.2) is 45.5 Å². The third kappa shape index (κ3) is 6.07. The van der Waals surface area contributed by atoms with E-state index in [1.54, 1.807) is 32.5 Å². The molecule has 4 aromatic rings. The predicted octanol–water partition coefficient (Wildman–Crippen LogP) is 5.57. The topological polar surface area (TPSA) is 78.0 Å². The summed E-state index contributed by atoms with van der Waals surface area (Å²) in [6.07, 6.45) is 2.95. The zero-order valence-electron chi connectivity index (χ0n) is 21.0. The summed E-state index contributed by atoms with van der Waals surface area (Å²) in [4.78, 5) is 4.21. The van der Waals surface area contributed by atoms with Crippen molar-refractivity contribution in [3.8, 4) is 17.2 Å². The Morgan fingerprint density at radius 2 is 1.73 bits per heavy atom. The number of halogens is 1. The molecular formula is C28H29FN2O5S. The van der Waals surface area contributed by atoms with Gasteiger partial charge < -0.3 is 14.2 Å². The molecule has 0 aliphatic rings. The SMILES string of the molecule is COCc1cc2c(Oc3ccc(S(=O)(=O)N(C)CCCc4ccccc4)cc3F)ccnc2cc1OC. The van der Waals surface area contributed by atoms with E-state index in [4.69, 9.17) is 14.2 Å². The number of aromatic nitrogens is 1. The molecule has 0 atom stereocenters. The Morgan fingerprint density at radius 1 is 0.946 bits per heavy atom. The lowest BCUT2D eigenvalue weighted by Crippen LogP contribution is -2.28. The molecule has 1 heterocycles. The molecule has 0 unspecified atom stereocenters. The highest BCUT2D eigenvalue weighted by Crippen LogP contribution is 2.35. The van der Waals surface area contributed by atoms with E-state index in [-0.39, 0.29) is 10.6 Å². The molecule has 0 saturated heterocycles. The Hall–Kier alpha value is -3.53. The molecule has 0 radical (unpaired) electrons. The zero-order chi connectivity index (χ0) is 26.4. The molecule has 9 heteroatoms. The van der Waals surface area contributed by atoms with E-state index in [1.807, 2.05) is 36.4 Å². The van der Waals surface area contributed by atoms with Crippen LogP contribution < -0.4 is 9.47 Å². The maximum Gasteiger partial charge on any atom is 0.242 e. The van der Waals surface area contributed by atoms with E-state index in [9.17, 15) is 8.42 Å². The number of fused-ring (bicyclic) bond motifs is 1. The lowest BCUT2D eigenvalue weighted by molar-refractivity contribution is 0.182. The summed E-state index contributed by atoms with van der Waals surface area (Å²) in [6, 6.07) is 18.7. The van der Waals surface area contributed by atoms with Crippen LogP contribution in [0.3, 0.4) is 0 Å². The first kappa shape index (κ1) is 26.5. The van der Waals surface area contributed by atoms with Crippen LogP contribution >= 0.6 is 0 Å². The lowest BCUT2D eigenvalue weighted by atomic mass is 10.1. The van der Waals surface area contributed by atoms with E-state index in [1.165, 1.54) is 23.5 Å². The molecule has 7 nitrogen and oxygen atoms in total. The minimum atomic E-state index is -3.86. The highest BCUT2D eigenvalue weighted by Gasteiger charge is 2.22. The fraction of sp³-hybridized carbons (Fsp3) is 0.250. The number of nitrogens with zero attached hydrogens (tertiary/aromatic N) is 2. The molecular weight excluding hydrogens is 495 g/mol. The highest BCUT2D eigenvalue weighted by molar-refractivity contribution is 7.89. The van der Waals surface area contributed by atoms with Gasteiger partial charge >= 0.3 is 0 Å². The molecule has 3 aromatic carbocycles. The van der Waals surface area contributed by atoms with Crippen molar-refractivity contribution >= 4 is 20.9 Å². The number of aryl methyl sites for hydroxylation is 1. The fourth-order valence-electron chi connectivity index (χ4n) is 4.03. The van der Waals surface area contributed by atoms with Crippen molar-refractivity contribution in [2.45, 2.75) is 24.3 Å². The van der Waals surface area contributed by atoms with Crippen LogP contribution in [0.15, 0.2) is 77.8 Å². The number of sulfonamides is 1. The summed E-state index contributed by atoms with van der Waals surface area (Å²) >= 11 is 0. The lowest BCUT2D eigenvalue weighted by Gasteiger charge is -2.18. The van der Waals surface area contributed by atoms with Crippen LogP contribution in [0.5, 0.6) is 17.2 Å². The predicted molar refractivity (Wildman–Crippen MR) is 140 cm³/mol. The van der Waals surface area contributed by atoms with Gasteiger partial charge in [0.05, 0.1) is 24.1 Å². The third-order valence-corrected chi connectivity index (χ3v) is 7.87. The van der Waals surface area contributed by atoms with Crippen LogP contribution in [0.4, 0.5) is 4.39 Å². The molecule has 0 spiro atoms. The number of hydrogen-bond donors (Lipinski definition) is 0. The second kappa shape index (κ2) is 11.7. The number of rotatable bonds is 11. The first-order valence-electron chi connectivity index (χ1n) is 11.8. The normalized spacial score (nSPS) is 11.7. The maximum atomic E-state index is 15.1. The largest absolute Gasteiger partial charge is 0.496 e. The van der Waals surface area contributed by atoms with Gasteiger partial charge in [-0.2, -0.15) is 0 Å². The molecule has 0 aliphatic carbocycles. The summed E-state index contributed by atoms with van der Waals surface area (Å²) < 4.78 is 58.9. The number of ether oxygens (including phenoxy) is 3.